The molecule has 5 nitrogen and oxygen atoms in total. The van der Waals surface area contributed by atoms with Crippen molar-refractivity contribution in [3.63, 3.8) is 0 Å². The lowest BCUT2D eigenvalue weighted by molar-refractivity contribution is -0.143. The first kappa shape index (κ1) is 13.3. The molecule has 2 heterocycles. The van der Waals surface area contributed by atoms with Crippen LogP contribution < -0.4 is 0 Å². The lowest BCUT2D eigenvalue weighted by Crippen LogP contribution is -2.51. The Kier molecular flexibility index (Phi) is 4.19. The van der Waals surface area contributed by atoms with E-state index in [9.17, 15) is 9.59 Å². The van der Waals surface area contributed by atoms with Gasteiger partial charge in [-0.25, -0.2) is 4.98 Å². The molecule has 0 aromatic carbocycles. The Hall–Kier alpha value is -1.14. The zero-order valence-electron chi connectivity index (χ0n) is 10.1. The lowest BCUT2D eigenvalue weighted by Gasteiger charge is -2.31. The normalized spacial score (nSPS) is 16.2. The van der Waals surface area contributed by atoms with Gasteiger partial charge in [0, 0.05) is 25.5 Å². The maximum absolute atomic E-state index is 12.0. The van der Waals surface area contributed by atoms with Gasteiger partial charge in [-0.05, 0) is 0 Å². The van der Waals surface area contributed by atoms with Gasteiger partial charge in [0.15, 0.2) is 0 Å². The van der Waals surface area contributed by atoms with E-state index in [0.717, 1.165) is 10.7 Å². The largest absolute Gasteiger partial charge is 0.342 e. The molecule has 0 spiro atoms. The van der Waals surface area contributed by atoms with E-state index in [-0.39, 0.29) is 24.8 Å². The van der Waals surface area contributed by atoms with E-state index >= 15 is 0 Å². The lowest BCUT2D eigenvalue weighted by atomic mass is 10.3. The summed E-state index contributed by atoms with van der Waals surface area (Å²) < 4.78 is 0. The number of amides is 2. The first-order valence-electron chi connectivity index (χ1n) is 5.61. The molecule has 2 rings (SSSR count). The summed E-state index contributed by atoms with van der Waals surface area (Å²) in [6.07, 6.45) is 0.249. The molecule has 1 aliphatic heterocycles. The Balaban J connectivity index is 1.93. The van der Waals surface area contributed by atoms with Crippen LogP contribution in [0.2, 0.25) is 0 Å². The van der Waals surface area contributed by atoms with Crippen molar-refractivity contribution in [2.24, 2.45) is 0 Å². The zero-order valence-corrected chi connectivity index (χ0v) is 11.6. The number of carbonyl (C=O) groups excluding carboxylic acids is 2. The third kappa shape index (κ3) is 3.00. The quantitative estimate of drug-likeness (QED) is 0.770. The van der Waals surface area contributed by atoms with Crippen molar-refractivity contribution >= 4 is 34.8 Å². The summed E-state index contributed by atoms with van der Waals surface area (Å²) in [5.74, 6) is 0.291. The maximum Gasteiger partial charge on any atom is 0.241 e. The number of aromatic nitrogens is 1. The number of halogens is 1. The second-order valence-corrected chi connectivity index (χ2v) is 5.38. The molecular formula is C11H14ClN3O2S. The minimum atomic E-state index is -0.0491. The van der Waals surface area contributed by atoms with Crippen molar-refractivity contribution in [2.45, 2.75) is 12.3 Å². The van der Waals surface area contributed by atoms with Crippen molar-refractivity contribution in [3.8, 4) is 0 Å². The predicted octanol–water partition coefficient (Wildman–Crippen LogP) is 0.725. The van der Waals surface area contributed by atoms with Crippen LogP contribution in [0.1, 0.15) is 10.7 Å². The highest BCUT2D eigenvalue weighted by Crippen LogP contribution is 2.13. The van der Waals surface area contributed by atoms with E-state index in [1.165, 1.54) is 11.3 Å². The zero-order chi connectivity index (χ0) is 13.1. The Morgan fingerprint density at radius 2 is 2.33 bits per heavy atom. The van der Waals surface area contributed by atoms with E-state index in [2.05, 4.69) is 4.98 Å². The van der Waals surface area contributed by atoms with E-state index in [1.54, 1.807) is 16.8 Å². The summed E-state index contributed by atoms with van der Waals surface area (Å²) in [6.45, 7) is 1.35. The number of hydrogen-bond donors (Lipinski definition) is 0. The van der Waals surface area contributed by atoms with Gasteiger partial charge < -0.3 is 9.80 Å². The highest BCUT2D eigenvalue weighted by atomic mass is 35.5. The molecule has 98 valence electrons. The number of piperazine rings is 1. The van der Waals surface area contributed by atoms with Crippen LogP contribution in [0.25, 0.3) is 0 Å². The molecule has 1 fully saturated rings. The molecule has 1 aromatic rings. The number of thiazole rings is 1. The number of alkyl halides is 1. The average molecular weight is 288 g/mol. The number of rotatable bonds is 3. The molecule has 0 N–H and O–H groups in total. The third-order valence-electron chi connectivity index (χ3n) is 2.85. The minimum absolute atomic E-state index is 0.0183. The fraction of sp³-hybridized carbons (Fsp3) is 0.545. The van der Waals surface area contributed by atoms with E-state index in [4.69, 9.17) is 11.6 Å². The Labute approximate surface area is 114 Å². The second kappa shape index (κ2) is 5.67. The van der Waals surface area contributed by atoms with Gasteiger partial charge in [-0.15, -0.1) is 22.9 Å². The third-order valence-corrected chi connectivity index (χ3v) is 4.02. The summed E-state index contributed by atoms with van der Waals surface area (Å²) in [5, 5.41) is 2.60. The molecule has 0 saturated carbocycles. The minimum Gasteiger partial charge on any atom is -0.342 e. The Bertz CT molecular complexity index is 463. The van der Waals surface area contributed by atoms with Crippen LogP contribution in [-0.2, 0) is 21.9 Å². The molecule has 0 radical (unpaired) electrons. The van der Waals surface area contributed by atoms with Crippen LogP contribution in [0.3, 0.4) is 0 Å². The van der Waals surface area contributed by atoms with E-state index in [1.807, 2.05) is 5.38 Å². The second-order valence-electron chi connectivity index (χ2n) is 4.17. The molecule has 0 atom stereocenters. The summed E-state index contributed by atoms with van der Waals surface area (Å²) in [4.78, 5) is 31.0. The van der Waals surface area contributed by atoms with Crippen LogP contribution in [0, 0.1) is 0 Å². The standard InChI is InChI=1S/C11H14ClN3O2S/c1-14-2-3-15(6-11(14)17)10(16)4-9-13-8(5-12)7-18-9/h7H,2-6H2,1H3. The Morgan fingerprint density at radius 3 is 2.94 bits per heavy atom. The molecule has 1 aromatic heterocycles. The molecule has 18 heavy (non-hydrogen) atoms. The summed E-state index contributed by atoms with van der Waals surface area (Å²) in [7, 11) is 1.75. The SMILES string of the molecule is CN1CCN(C(=O)Cc2nc(CCl)cs2)CC1=O. The molecule has 1 aliphatic rings. The summed E-state index contributed by atoms with van der Waals surface area (Å²) in [5.41, 5.74) is 0.791. The van der Waals surface area contributed by atoms with Gasteiger partial charge in [-0.3, -0.25) is 9.59 Å². The monoisotopic (exact) mass is 287 g/mol. The number of likely N-dealkylation sites (N-methyl/N-ethyl adjacent to an activating group) is 1. The Morgan fingerprint density at radius 1 is 1.56 bits per heavy atom. The fourth-order valence-electron chi connectivity index (χ4n) is 1.70. The van der Waals surface area contributed by atoms with Crippen LogP contribution in [0.5, 0.6) is 0 Å². The molecule has 0 unspecified atom stereocenters. The molecule has 1 saturated heterocycles. The predicted molar refractivity (Wildman–Crippen MR) is 69.6 cm³/mol. The van der Waals surface area contributed by atoms with Gasteiger partial charge in [0.2, 0.25) is 11.8 Å². The molecule has 0 bridgehead atoms. The van der Waals surface area contributed by atoms with Gasteiger partial charge in [0.1, 0.15) is 5.01 Å². The average Bonchev–Trinajstić information content (AvgIpc) is 2.80. The topological polar surface area (TPSA) is 53.5 Å². The first-order valence-corrected chi connectivity index (χ1v) is 7.02. The number of hydrogen-bond acceptors (Lipinski definition) is 4. The van der Waals surface area contributed by atoms with E-state index < -0.39 is 0 Å². The van der Waals surface area contributed by atoms with Gasteiger partial charge in [0.05, 0.1) is 24.5 Å². The van der Waals surface area contributed by atoms with Gasteiger partial charge in [0.25, 0.3) is 0 Å². The molecule has 7 heteroatoms. The van der Waals surface area contributed by atoms with Gasteiger partial charge >= 0.3 is 0 Å². The fourth-order valence-corrected chi connectivity index (χ4v) is 2.72. The van der Waals surface area contributed by atoms with Crippen molar-refractivity contribution in [1.29, 1.82) is 0 Å². The molecule has 2 amide bonds. The first-order chi connectivity index (χ1) is 8.60. The van der Waals surface area contributed by atoms with Crippen molar-refractivity contribution in [3.05, 3.63) is 16.1 Å². The van der Waals surface area contributed by atoms with Crippen molar-refractivity contribution < 1.29 is 9.59 Å². The van der Waals surface area contributed by atoms with Crippen molar-refractivity contribution in [1.82, 2.24) is 14.8 Å². The number of carbonyl (C=O) groups is 2. The highest BCUT2D eigenvalue weighted by Gasteiger charge is 2.25. The van der Waals surface area contributed by atoms with Crippen molar-refractivity contribution in [2.75, 3.05) is 26.7 Å². The molecular weight excluding hydrogens is 274 g/mol. The van der Waals surface area contributed by atoms with Crippen LogP contribution >= 0.6 is 22.9 Å². The maximum atomic E-state index is 12.0. The van der Waals surface area contributed by atoms with Crippen LogP contribution in [0.4, 0.5) is 0 Å². The van der Waals surface area contributed by atoms with Crippen LogP contribution in [-0.4, -0.2) is 53.3 Å². The van der Waals surface area contributed by atoms with Gasteiger partial charge in [-0.2, -0.15) is 0 Å². The molecule has 0 aliphatic carbocycles. The van der Waals surface area contributed by atoms with Crippen LogP contribution in [0.15, 0.2) is 5.38 Å². The van der Waals surface area contributed by atoms with Gasteiger partial charge in [-0.1, -0.05) is 0 Å². The summed E-state index contributed by atoms with van der Waals surface area (Å²) in [6, 6.07) is 0. The van der Waals surface area contributed by atoms with E-state index in [0.29, 0.717) is 19.0 Å². The number of nitrogens with zero attached hydrogens (tertiary/aromatic N) is 3. The highest BCUT2D eigenvalue weighted by molar-refractivity contribution is 7.09. The summed E-state index contributed by atoms with van der Waals surface area (Å²) >= 11 is 7.09. The smallest absolute Gasteiger partial charge is 0.241 e.